The summed E-state index contributed by atoms with van der Waals surface area (Å²) in [6, 6.07) is 10.8. The number of benzene rings is 1. The van der Waals surface area contributed by atoms with Crippen molar-refractivity contribution < 1.29 is 0 Å². The topological polar surface area (TPSA) is 36.1 Å². The molecule has 1 aliphatic heterocycles. The smallest absolute Gasteiger partial charge is 0.0670 e. The molecule has 17 heavy (non-hydrogen) atoms. The molecule has 0 aromatic heterocycles. The molecule has 0 unspecified atom stereocenters. The molecule has 1 aromatic rings. The van der Waals surface area contributed by atoms with Crippen LogP contribution in [0.1, 0.15) is 44.1 Å². The molecule has 0 radical (unpaired) electrons. The van der Waals surface area contributed by atoms with Crippen LogP contribution in [0.3, 0.4) is 0 Å². The lowest BCUT2D eigenvalue weighted by molar-refractivity contribution is 0.438. The normalized spacial score (nSPS) is 25.7. The molecule has 1 saturated carbocycles. The number of nitriles is 1. The third-order valence-electron chi connectivity index (χ3n) is 4.16. The van der Waals surface area contributed by atoms with Crippen LogP contribution in [0.4, 0.5) is 5.69 Å². The van der Waals surface area contributed by atoms with Crippen molar-refractivity contribution in [3.8, 4) is 6.07 Å². The van der Waals surface area contributed by atoms with Crippen molar-refractivity contribution >= 4 is 11.4 Å². The molecule has 0 spiro atoms. The number of fused-ring (bicyclic) bond motifs is 3. The summed E-state index contributed by atoms with van der Waals surface area (Å²) in [6.45, 7) is 0. The molecular weight excluding hydrogens is 208 g/mol. The summed E-state index contributed by atoms with van der Waals surface area (Å²) in [7, 11) is 0. The fourth-order valence-electron chi connectivity index (χ4n) is 3.35. The van der Waals surface area contributed by atoms with Crippen molar-refractivity contribution in [2.75, 3.05) is 0 Å². The van der Waals surface area contributed by atoms with Gasteiger partial charge in [0, 0.05) is 17.5 Å². The van der Waals surface area contributed by atoms with E-state index in [2.05, 4.69) is 30.3 Å². The van der Waals surface area contributed by atoms with Crippen LogP contribution in [0.15, 0.2) is 29.3 Å². The van der Waals surface area contributed by atoms with Crippen LogP contribution >= 0.6 is 0 Å². The predicted molar refractivity (Wildman–Crippen MR) is 68.5 cm³/mol. The molecule has 0 bridgehead atoms. The Kier molecular flexibility index (Phi) is 2.48. The first-order valence-corrected chi connectivity index (χ1v) is 6.41. The lowest BCUT2D eigenvalue weighted by Gasteiger charge is -2.35. The Morgan fingerprint density at radius 1 is 1.29 bits per heavy atom. The minimum atomic E-state index is 0.102. The first-order chi connectivity index (χ1) is 8.37. The molecule has 2 nitrogen and oxygen atoms in total. The maximum Gasteiger partial charge on any atom is 0.0670 e. The van der Waals surface area contributed by atoms with Gasteiger partial charge in [0.25, 0.3) is 0 Å². The van der Waals surface area contributed by atoms with Crippen molar-refractivity contribution in [2.24, 2.45) is 4.99 Å². The molecule has 86 valence electrons. The third-order valence-corrected chi connectivity index (χ3v) is 4.16. The standard InChI is InChI=1S/C15H16N2/c16-11-5-10-15-9-4-3-8-14(15)17-13-7-2-1-6-12(13)15/h1-2,6-7H,3-5,8-10H2/t15-/m0/s1. The zero-order valence-corrected chi connectivity index (χ0v) is 9.95. The minimum Gasteiger partial charge on any atom is -0.257 e. The van der Waals surface area contributed by atoms with Crippen LogP contribution < -0.4 is 0 Å². The highest BCUT2D eigenvalue weighted by Gasteiger charge is 2.43. The monoisotopic (exact) mass is 224 g/mol. The van der Waals surface area contributed by atoms with Crippen LogP contribution in [0.5, 0.6) is 0 Å². The highest BCUT2D eigenvalue weighted by molar-refractivity contribution is 6.02. The van der Waals surface area contributed by atoms with Crippen molar-refractivity contribution in [1.82, 2.24) is 0 Å². The van der Waals surface area contributed by atoms with E-state index < -0.39 is 0 Å². The number of hydrogen-bond acceptors (Lipinski definition) is 2. The van der Waals surface area contributed by atoms with Crippen molar-refractivity contribution in [3.63, 3.8) is 0 Å². The molecule has 0 amide bonds. The molecule has 1 atom stereocenters. The minimum absolute atomic E-state index is 0.102. The molecule has 0 saturated heterocycles. The van der Waals surface area contributed by atoms with Gasteiger partial charge in [-0.2, -0.15) is 5.26 Å². The molecule has 0 N–H and O–H groups in total. The van der Waals surface area contributed by atoms with E-state index in [-0.39, 0.29) is 5.41 Å². The quantitative estimate of drug-likeness (QED) is 0.750. The Morgan fingerprint density at radius 3 is 3.06 bits per heavy atom. The lowest BCUT2D eigenvalue weighted by Crippen LogP contribution is -2.36. The van der Waals surface area contributed by atoms with E-state index in [0.717, 1.165) is 18.5 Å². The number of hydrogen-bond donors (Lipinski definition) is 0. The zero-order valence-electron chi connectivity index (χ0n) is 9.95. The van der Waals surface area contributed by atoms with E-state index in [4.69, 9.17) is 10.3 Å². The molecule has 3 rings (SSSR count). The van der Waals surface area contributed by atoms with Crippen LogP contribution in [0.25, 0.3) is 0 Å². The summed E-state index contributed by atoms with van der Waals surface area (Å²) in [4.78, 5) is 4.81. The third kappa shape index (κ3) is 1.50. The average Bonchev–Trinajstić information content (AvgIpc) is 2.71. The first kappa shape index (κ1) is 10.5. The van der Waals surface area contributed by atoms with Crippen LogP contribution in [0.2, 0.25) is 0 Å². The van der Waals surface area contributed by atoms with Gasteiger partial charge >= 0.3 is 0 Å². The van der Waals surface area contributed by atoms with Gasteiger partial charge in [-0.05, 0) is 37.3 Å². The van der Waals surface area contributed by atoms with E-state index in [9.17, 15) is 0 Å². The first-order valence-electron chi connectivity index (χ1n) is 6.41. The molecule has 2 heteroatoms. The molecule has 2 aliphatic rings. The van der Waals surface area contributed by atoms with Crippen LogP contribution in [0, 0.1) is 11.3 Å². The van der Waals surface area contributed by atoms with Crippen LogP contribution in [-0.4, -0.2) is 5.71 Å². The second-order valence-corrected chi connectivity index (χ2v) is 5.02. The fourth-order valence-corrected chi connectivity index (χ4v) is 3.35. The highest BCUT2D eigenvalue weighted by atomic mass is 14.8. The molecular formula is C15H16N2. The Labute approximate surface area is 102 Å². The van der Waals surface area contributed by atoms with Gasteiger partial charge < -0.3 is 0 Å². The summed E-state index contributed by atoms with van der Waals surface area (Å²) in [5, 5.41) is 8.87. The van der Waals surface area contributed by atoms with Gasteiger partial charge in [-0.3, -0.25) is 4.99 Å². The van der Waals surface area contributed by atoms with Gasteiger partial charge in [-0.15, -0.1) is 0 Å². The molecule has 1 heterocycles. The molecule has 1 fully saturated rings. The highest BCUT2D eigenvalue weighted by Crippen LogP contribution is 2.49. The number of aliphatic imine (C=N–C) groups is 1. The van der Waals surface area contributed by atoms with Crippen LogP contribution in [-0.2, 0) is 5.41 Å². The van der Waals surface area contributed by atoms with E-state index in [1.165, 1.54) is 30.5 Å². The van der Waals surface area contributed by atoms with E-state index in [0.29, 0.717) is 6.42 Å². The Hall–Kier alpha value is -1.62. The van der Waals surface area contributed by atoms with Gasteiger partial charge in [0.1, 0.15) is 0 Å². The lowest BCUT2D eigenvalue weighted by atomic mass is 9.67. The SMILES string of the molecule is N#CCC[C@]12CCCCC1=Nc1ccccc12. The largest absolute Gasteiger partial charge is 0.257 e. The Bertz CT molecular complexity index is 510. The van der Waals surface area contributed by atoms with E-state index in [1.54, 1.807) is 0 Å². The maximum atomic E-state index is 8.87. The molecule has 1 aliphatic carbocycles. The number of rotatable bonds is 2. The predicted octanol–water partition coefficient (Wildman–Crippen LogP) is 3.89. The van der Waals surface area contributed by atoms with Crippen molar-refractivity contribution in [1.29, 1.82) is 5.26 Å². The zero-order chi connectivity index (χ0) is 11.7. The summed E-state index contributed by atoms with van der Waals surface area (Å²) in [5.74, 6) is 0. The van der Waals surface area contributed by atoms with E-state index >= 15 is 0 Å². The average molecular weight is 224 g/mol. The van der Waals surface area contributed by atoms with Crippen molar-refractivity contribution in [3.05, 3.63) is 29.8 Å². The Balaban J connectivity index is 2.07. The second-order valence-electron chi connectivity index (χ2n) is 5.02. The maximum absolute atomic E-state index is 8.87. The van der Waals surface area contributed by atoms with Gasteiger partial charge in [0.2, 0.25) is 0 Å². The Morgan fingerprint density at radius 2 is 2.18 bits per heavy atom. The summed E-state index contributed by atoms with van der Waals surface area (Å²) >= 11 is 0. The van der Waals surface area contributed by atoms with E-state index in [1.807, 2.05) is 0 Å². The number of para-hydroxylation sites is 1. The fraction of sp³-hybridized carbons (Fsp3) is 0.467. The van der Waals surface area contributed by atoms with Gasteiger partial charge in [0.15, 0.2) is 0 Å². The van der Waals surface area contributed by atoms with Gasteiger partial charge in [0.05, 0.1) is 11.8 Å². The van der Waals surface area contributed by atoms with Gasteiger partial charge in [-0.25, -0.2) is 0 Å². The summed E-state index contributed by atoms with van der Waals surface area (Å²) < 4.78 is 0. The summed E-state index contributed by atoms with van der Waals surface area (Å²) in [6.07, 6.45) is 6.37. The van der Waals surface area contributed by atoms with Gasteiger partial charge in [-0.1, -0.05) is 24.6 Å². The van der Waals surface area contributed by atoms with Crippen molar-refractivity contribution in [2.45, 2.75) is 43.9 Å². The second kappa shape index (κ2) is 4.00. The number of nitrogens with zero attached hydrogens (tertiary/aromatic N) is 2. The molecule has 1 aromatic carbocycles. The summed E-state index contributed by atoms with van der Waals surface area (Å²) in [5.41, 5.74) is 3.94.